The van der Waals surface area contributed by atoms with Crippen molar-refractivity contribution >= 4 is 11.9 Å². The highest BCUT2D eigenvalue weighted by molar-refractivity contribution is 5.67. The Morgan fingerprint density at radius 1 is 0.423 bits per heavy atom. The molecule has 1 unspecified atom stereocenters. The first-order valence-corrected chi connectivity index (χ1v) is 27.8. The minimum atomic E-state index is -0.758. The van der Waals surface area contributed by atoms with Crippen LogP contribution in [-0.4, -0.2) is 314 Å². The van der Waals surface area contributed by atoms with E-state index in [0.29, 0.717) is 144 Å². The van der Waals surface area contributed by atoms with Crippen molar-refractivity contribution in [3.8, 4) is 0 Å². The number of methoxy groups -OCH3 is 2. The lowest BCUT2D eigenvalue weighted by Gasteiger charge is -2.57. The summed E-state index contributed by atoms with van der Waals surface area (Å²) < 4.78 is 64.4. The van der Waals surface area contributed by atoms with Gasteiger partial charge in [-0.15, -0.1) is 0 Å². The molecule has 78 heavy (non-hydrogen) atoms. The zero-order chi connectivity index (χ0) is 58.0. The molecule has 25 heteroatoms. The van der Waals surface area contributed by atoms with Gasteiger partial charge in [-0.05, 0) is 68.1 Å². The summed E-state index contributed by atoms with van der Waals surface area (Å²) in [6.45, 7) is 18.9. The molecule has 0 aromatic rings. The lowest BCUT2D eigenvalue weighted by atomic mass is 9.49. The normalized spacial score (nSPS) is 19.6. The van der Waals surface area contributed by atoms with E-state index in [2.05, 4.69) is 19.3 Å². The predicted octanol–water partition coefficient (Wildman–Crippen LogP) is -0.982. The summed E-state index contributed by atoms with van der Waals surface area (Å²) in [6.07, 6.45) is 9.22. The fraction of sp³-hybridized carbons (Fsp3) is 0.962. The van der Waals surface area contributed by atoms with Gasteiger partial charge >= 0.3 is 11.9 Å². The van der Waals surface area contributed by atoms with Gasteiger partial charge in [0.05, 0.1) is 178 Å². The van der Waals surface area contributed by atoms with Gasteiger partial charge in [-0.1, -0.05) is 0 Å². The van der Waals surface area contributed by atoms with E-state index in [4.69, 9.17) is 93.0 Å². The Bertz CT molecular complexity index is 1140. The van der Waals surface area contributed by atoms with Crippen molar-refractivity contribution in [1.29, 1.82) is 0 Å². The van der Waals surface area contributed by atoms with Crippen molar-refractivity contribution in [2.75, 3.05) is 245 Å². The number of aliphatic hydroxyl groups is 8. The molecule has 5 rings (SSSR count). The van der Waals surface area contributed by atoms with Crippen LogP contribution in [0.3, 0.4) is 0 Å². The van der Waals surface area contributed by atoms with E-state index in [1.807, 2.05) is 0 Å². The van der Waals surface area contributed by atoms with E-state index in [9.17, 15) is 9.59 Å². The number of esters is 2. The molecule has 1 aliphatic heterocycles. The highest BCUT2D eigenvalue weighted by atomic mass is 16.6. The Morgan fingerprint density at radius 2 is 0.718 bits per heavy atom. The van der Waals surface area contributed by atoms with Crippen LogP contribution < -0.4 is 0 Å². The lowest BCUT2D eigenvalue weighted by molar-refractivity contribution is -0.158. The fourth-order valence-electron chi connectivity index (χ4n) is 9.09. The predicted molar refractivity (Wildman–Crippen MR) is 288 cm³/mol. The van der Waals surface area contributed by atoms with Crippen LogP contribution in [0.25, 0.3) is 0 Å². The van der Waals surface area contributed by atoms with Gasteiger partial charge in [0.2, 0.25) is 0 Å². The third-order valence-corrected chi connectivity index (χ3v) is 12.2. The quantitative estimate of drug-likeness (QED) is 0.0269. The average molecular weight is 1140 g/mol. The molecular formula is C53H108N2O23. The first-order valence-electron chi connectivity index (χ1n) is 27.8. The van der Waals surface area contributed by atoms with Gasteiger partial charge in [0, 0.05) is 73.9 Å². The van der Waals surface area contributed by atoms with Gasteiger partial charge in [0.25, 0.3) is 0 Å². The molecule has 0 amide bonds. The second kappa shape index (κ2) is 59.7. The summed E-state index contributed by atoms with van der Waals surface area (Å²) >= 11 is 0. The van der Waals surface area contributed by atoms with E-state index in [0.717, 1.165) is 63.4 Å². The van der Waals surface area contributed by atoms with Crippen LogP contribution in [0.1, 0.15) is 58.8 Å². The molecule has 4 bridgehead atoms. The average Bonchev–Trinajstić information content (AvgIpc) is 3.45. The second-order valence-corrected chi connectivity index (χ2v) is 18.6. The highest BCUT2D eigenvalue weighted by Crippen LogP contribution is 2.61. The van der Waals surface area contributed by atoms with E-state index in [1.54, 1.807) is 14.2 Å². The minimum Gasteiger partial charge on any atom is -0.462 e. The number of piperazine rings is 1. The molecule has 0 spiro atoms. The smallest absolute Gasteiger partial charge is 0.303 e. The minimum absolute atomic E-state index is 0.0413. The molecule has 1 atom stereocenters. The largest absolute Gasteiger partial charge is 0.462 e. The van der Waals surface area contributed by atoms with Crippen LogP contribution in [0.2, 0.25) is 0 Å². The van der Waals surface area contributed by atoms with Crippen LogP contribution >= 0.6 is 0 Å². The summed E-state index contributed by atoms with van der Waals surface area (Å²) in [5, 5.41) is 68.6. The number of rotatable bonds is 42. The van der Waals surface area contributed by atoms with Crippen molar-refractivity contribution in [2.24, 2.45) is 23.2 Å². The van der Waals surface area contributed by atoms with Crippen molar-refractivity contribution in [3.63, 3.8) is 0 Å². The zero-order valence-corrected chi connectivity index (χ0v) is 48.1. The topological polar surface area (TPSA) is 322 Å². The zero-order valence-electron chi connectivity index (χ0n) is 48.1. The van der Waals surface area contributed by atoms with E-state index < -0.39 is 18.0 Å². The number of hydrogen-bond acceptors (Lipinski definition) is 25. The van der Waals surface area contributed by atoms with E-state index in [-0.39, 0.29) is 52.9 Å². The van der Waals surface area contributed by atoms with Gasteiger partial charge in [-0.2, -0.15) is 0 Å². The van der Waals surface area contributed by atoms with Gasteiger partial charge in [0.15, 0.2) is 6.10 Å². The maximum Gasteiger partial charge on any atom is 0.303 e. The van der Waals surface area contributed by atoms with Crippen LogP contribution in [0, 0.1) is 23.2 Å². The number of carbonyl (C=O) groups is 2. The van der Waals surface area contributed by atoms with Gasteiger partial charge in [-0.3, -0.25) is 19.4 Å². The number of β-amino-alcohol motifs (C(OH)–C–C–N with tert-alkyl or cyclic N) is 2. The van der Waals surface area contributed by atoms with Crippen LogP contribution in [0.4, 0.5) is 0 Å². The number of hydrogen-bond donors (Lipinski definition) is 8. The molecule has 0 radical (unpaired) electrons. The Kier molecular flexibility index (Phi) is 59.8. The summed E-state index contributed by atoms with van der Waals surface area (Å²) in [7, 11) is 3.27. The standard InChI is InChI=1S/C12H20O.2C9H20O5.C8H18N2O2.C8H18O5.C7H12O5/c13-2-1-12-6-9-3-10(7-12)5-11(4-9)8-12;2*1-11-4-5-13-8-9-14-7-6-12-3-2-10;11-7-5-9-1-2-10(4-3-9)6-8-12;9-1-3-11-5-7-13-8-6-12-4-2-10;1-5(9)11-4-7(3-8)12-6(2)10/h9-11,13H,1-8H2;2*10H,2-9H2,1H3;11-12H,1-8H2;9-10H,1-8H2;7-8H,3-4H2,1-2H3. The Balaban J connectivity index is 0. The van der Waals surface area contributed by atoms with Crippen molar-refractivity contribution in [3.05, 3.63) is 0 Å². The summed E-state index contributed by atoms with van der Waals surface area (Å²) in [5.41, 5.74) is 0.601. The summed E-state index contributed by atoms with van der Waals surface area (Å²) in [6, 6.07) is 0. The fourth-order valence-corrected chi connectivity index (χ4v) is 9.09. The number of ether oxygens (including phenoxy) is 13. The molecule has 468 valence electrons. The van der Waals surface area contributed by atoms with Gasteiger partial charge in [0.1, 0.15) is 6.61 Å². The van der Waals surface area contributed by atoms with Gasteiger partial charge < -0.3 is 102 Å². The summed E-state index contributed by atoms with van der Waals surface area (Å²) in [4.78, 5) is 25.2. The maximum atomic E-state index is 10.4. The summed E-state index contributed by atoms with van der Waals surface area (Å²) in [5.74, 6) is 2.13. The van der Waals surface area contributed by atoms with E-state index >= 15 is 0 Å². The molecule has 4 saturated carbocycles. The molecular weight excluding hydrogens is 1030 g/mol. The van der Waals surface area contributed by atoms with Crippen LogP contribution in [-0.2, 0) is 71.2 Å². The van der Waals surface area contributed by atoms with Gasteiger partial charge in [-0.25, -0.2) is 0 Å². The molecule has 0 aromatic heterocycles. The molecule has 1 heterocycles. The van der Waals surface area contributed by atoms with Crippen molar-refractivity contribution < 1.29 is 112 Å². The Morgan fingerprint density at radius 3 is 0.949 bits per heavy atom. The van der Waals surface area contributed by atoms with Crippen molar-refractivity contribution in [1.82, 2.24) is 9.80 Å². The monoisotopic (exact) mass is 1140 g/mol. The van der Waals surface area contributed by atoms with E-state index in [1.165, 1.54) is 52.4 Å². The Hall–Kier alpha value is -1.90. The molecule has 5 aliphatic rings. The molecule has 5 fully saturated rings. The first kappa shape index (κ1) is 78.2. The lowest BCUT2D eigenvalue weighted by Crippen LogP contribution is -2.47. The van der Waals surface area contributed by atoms with Crippen LogP contribution in [0.5, 0.6) is 0 Å². The number of carbonyl (C=O) groups excluding carboxylic acids is 2. The SMILES string of the molecule is CC(=O)OCC(CO)OC(C)=O.COCCOCCOCCOCCO.COCCOCCOCCOCCO.OCCC12CC3CC(CC(C3)C1)C2.OCCN1CCN(CCO)CC1.OCCOCCOCCOCCO. The number of aliphatic hydroxyl groups excluding tert-OH is 8. The third-order valence-electron chi connectivity index (χ3n) is 12.2. The molecule has 25 nitrogen and oxygen atoms in total. The molecule has 0 aromatic carbocycles. The van der Waals surface area contributed by atoms with Crippen molar-refractivity contribution in [2.45, 2.75) is 64.9 Å². The molecule has 8 N–H and O–H groups in total. The first-order chi connectivity index (χ1) is 38.0. The second-order valence-electron chi connectivity index (χ2n) is 18.6. The Labute approximate surface area is 465 Å². The highest BCUT2D eigenvalue weighted by Gasteiger charge is 2.50. The molecule has 4 aliphatic carbocycles. The number of nitrogens with zero attached hydrogens (tertiary/aromatic N) is 2. The van der Waals surface area contributed by atoms with Crippen LogP contribution in [0.15, 0.2) is 0 Å². The molecule has 1 saturated heterocycles. The maximum absolute atomic E-state index is 10.4. The third kappa shape index (κ3) is 51.0.